The van der Waals surface area contributed by atoms with Crippen molar-refractivity contribution in [3.8, 4) is 0 Å². The summed E-state index contributed by atoms with van der Waals surface area (Å²) in [5, 5.41) is 0. The van der Waals surface area contributed by atoms with Crippen LogP contribution in [0.5, 0.6) is 0 Å². The second-order valence-corrected chi connectivity index (χ2v) is 10.3. The van der Waals surface area contributed by atoms with Crippen molar-refractivity contribution in [1.29, 1.82) is 0 Å². The maximum Gasteiger partial charge on any atom is 0.509 e. The lowest BCUT2D eigenvalue weighted by molar-refractivity contribution is 0.0563. The molecule has 0 aromatic heterocycles. The van der Waals surface area contributed by atoms with Crippen molar-refractivity contribution in [3.63, 3.8) is 0 Å². The molecule has 0 aliphatic heterocycles. The molecule has 0 aliphatic rings. The summed E-state index contributed by atoms with van der Waals surface area (Å²) >= 11 is 12.0. The molecule has 0 saturated carbocycles. The van der Waals surface area contributed by atoms with E-state index in [1.807, 2.05) is 27.7 Å². The van der Waals surface area contributed by atoms with Crippen molar-refractivity contribution in [3.05, 3.63) is 0 Å². The molecular weight excluding hydrogens is 327 g/mol. The van der Waals surface area contributed by atoms with Crippen molar-refractivity contribution >= 4 is 40.8 Å². The molecule has 0 aromatic carbocycles. The van der Waals surface area contributed by atoms with E-state index in [4.69, 9.17) is 45.0 Å². The van der Waals surface area contributed by atoms with Gasteiger partial charge >= 0.3 is 17.6 Å². The molecule has 0 rings (SSSR count). The summed E-state index contributed by atoms with van der Waals surface area (Å²) in [5.41, 5.74) is 0.279. The summed E-state index contributed by atoms with van der Waals surface area (Å²) < 4.78 is 28.6. The van der Waals surface area contributed by atoms with Crippen molar-refractivity contribution in [1.82, 2.24) is 0 Å². The molecule has 0 aromatic rings. The summed E-state index contributed by atoms with van der Waals surface area (Å²) in [6, 6.07) is 0. The molecule has 5 nitrogen and oxygen atoms in total. The van der Waals surface area contributed by atoms with Crippen molar-refractivity contribution in [2.75, 3.05) is 37.4 Å². The van der Waals surface area contributed by atoms with E-state index >= 15 is 0 Å². The van der Waals surface area contributed by atoms with Gasteiger partial charge in [0, 0.05) is 26.4 Å². The Hall–Kier alpha value is 0.814. The van der Waals surface area contributed by atoms with Crippen LogP contribution in [0.2, 0.25) is 0 Å². The lowest BCUT2D eigenvalue weighted by Crippen LogP contribution is -2.61. The Bertz CT molecular complexity index is 202. The monoisotopic (exact) mass is 350 g/mol. The number of rotatable bonds is 12. The molecule has 0 spiro atoms. The summed E-state index contributed by atoms with van der Waals surface area (Å²) in [5.74, 6) is 0. The van der Waals surface area contributed by atoms with Gasteiger partial charge in [0.1, 0.15) is 0 Å². The van der Waals surface area contributed by atoms with E-state index in [1.54, 1.807) is 0 Å². The molecule has 0 aliphatic carbocycles. The molecule has 19 heavy (non-hydrogen) atoms. The summed E-state index contributed by atoms with van der Waals surface area (Å²) in [6.45, 7) is 9.25. The van der Waals surface area contributed by atoms with Gasteiger partial charge in [-0.15, -0.1) is 23.2 Å². The molecule has 0 amide bonds. The Morgan fingerprint density at radius 2 is 0.895 bits per heavy atom. The number of hydrogen-bond acceptors (Lipinski definition) is 5. The number of alkyl halides is 2. The second-order valence-electron chi connectivity index (χ2n) is 3.47. The summed E-state index contributed by atoms with van der Waals surface area (Å²) in [6.07, 6.45) is 0. The SMILES string of the molecule is CCO[Si](CCl)(OCC)O[Si](CCl)(OCC)OCC. The summed E-state index contributed by atoms with van der Waals surface area (Å²) in [4.78, 5) is 0. The molecular formula is C10H24Cl2O5Si2. The van der Waals surface area contributed by atoms with E-state index in [0.29, 0.717) is 26.4 Å². The smallest absolute Gasteiger partial charge is 0.374 e. The minimum atomic E-state index is -3.01. The lowest BCUT2D eigenvalue weighted by atomic mass is 10.9. The van der Waals surface area contributed by atoms with Gasteiger partial charge in [-0.2, -0.15) is 0 Å². The van der Waals surface area contributed by atoms with E-state index in [2.05, 4.69) is 0 Å². The maximum atomic E-state index is 6.01. The molecule has 0 radical (unpaired) electrons. The molecule has 0 N–H and O–H groups in total. The maximum absolute atomic E-state index is 6.01. The minimum absolute atomic E-state index is 0.139. The molecule has 0 bridgehead atoms. The van der Waals surface area contributed by atoms with Crippen molar-refractivity contribution in [2.45, 2.75) is 27.7 Å². The van der Waals surface area contributed by atoms with Crippen LogP contribution in [0.1, 0.15) is 27.7 Å². The molecule has 0 unspecified atom stereocenters. The first kappa shape index (κ1) is 19.8. The standard InChI is InChI=1S/C10H24Cl2O5Si2/c1-5-13-18(9-11,14-6-2)17-19(10-12,15-7-3)16-8-4/h5-10H2,1-4H3. The van der Waals surface area contributed by atoms with E-state index in [-0.39, 0.29) is 11.0 Å². The fraction of sp³-hybridized carbons (Fsp3) is 1.00. The first-order valence-electron chi connectivity index (χ1n) is 6.45. The van der Waals surface area contributed by atoms with Gasteiger partial charge in [0.15, 0.2) is 0 Å². The molecule has 0 heterocycles. The Labute approximate surface area is 128 Å². The highest BCUT2D eigenvalue weighted by Crippen LogP contribution is 2.22. The third-order valence-electron chi connectivity index (χ3n) is 2.10. The number of hydrogen-bond donors (Lipinski definition) is 0. The van der Waals surface area contributed by atoms with Crippen molar-refractivity contribution in [2.24, 2.45) is 0 Å². The molecule has 116 valence electrons. The van der Waals surface area contributed by atoms with Crippen molar-refractivity contribution < 1.29 is 21.8 Å². The third-order valence-corrected chi connectivity index (χ3v) is 10.1. The quantitative estimate of drug-likeness (QED) is 0.399. The van der Waals surface area contributed by atoms with Gasteiger partial charge in [0.25, 0.3) is 0 Å². The topological polar surface area (TPSA) is 46.2 Å². The third kappa shape index (κ3) is 6.41. The Morgan fingerprint density at radius 3 is 1.05 bits per heavy atom. The van der Waals surface area contributed by atoms with Crippen LogP contribution in [0.3, 0.4) is 0 Å². The predicted octanol–water partition coefficient (Wildman–Crippen LogP) is 2.58. The van der Waals surface area contributed by atoms with Crippen LogP contribution in [0, 0.1) is 0 Å². The average molecular weight is 351 g/mol. The molecule has 0 fully saturated rings. The lowest BCUT2D eigenvalue weighted by Gasteiger charge is -2.35. The van der Waals surface area contributed by atoms with Gasteiger partial charge in [-0.3, -0.25) is 0 Å². The highest BCUT2D eigenvalue weighted by atomic mass is 35.5. The van der Waals surface area contributed by atoms with Crippen LogP contribution in [0.4, 0.5) is 0 Å². The van der Waals surface area contributed by atoms with E-state index in [9.17, 15) is 0 Å². The first-order chi connectivity index (χ1) is 9.07. The Morgan fingerprint density at radius 1 is 0.632 bits per heavy atom. The number of halogens is 2. The van der Waals surface area contributed by atoms with Crippen LogP contribution in [-0.2, 0) is 21.8 Å². The normalized spacial score (nSPS) is 12.9. The fourth-order valence-corrected chi connectivity index (χ4v) is 8.94. The first-order valence-corrected chi connectivity index (χ1v) is 11.4. The molecule has 0 atom stereocenters. The van der Waals surface area contributed by atoms with Gasteiger partial charge in [-0.25, -0.2) is 0 Å². The van der Waals surface area contributed by atoms with Gasteiger partial charge in [-0.05, 0) is 27.7 Å². The molecule has 0 saturated heterocycles. The van der Waals surface area contributed by atoms with Crippen LogP contribution in [0.25, 0.3) is 0 Å². The van der Waals surface area contributed by atoms with Gasteiger partial charge in [0.2, 0.25) is 0 Å². The summed E-state index contributed by atoms with van der Waals surface area (Å²) in [7, 11) is -6.02. The zero-order valence-corrected chi connectivity index (χ0v) is 15.6. The zero-order chi connectivity index (χ0) is 14.8. The second kappa shape index (κ2) is 10.5. The zero-order valence-electron chi connectivity index (χ0n) is 12.0. The molecule has 9 heteroatoms. The van der Waals surface area contributed by atoms with Crippen LogP contribution < -0.4 is 0 Å². The fourth-order valence-electron chi connectivity index (χ4n) is 1.53. The predicted molar refractivity (Wildman–Crippen MR) is 80.5 cm³/mol. The van der Waals surface area contributed by atoms with E-state index < -0.39 is 17.6 Å². The Balaban J connectivity index is 5.08. The van der Waals surface area contributed by atoms with Gasteiger partial charge in [-0.1, -0.05) is 0 Å². The average Bonchev–Trinajstić information content (AvgIpc) is 2.39. The van der Waals surface area contributed by atoms with E-state index in [1.165, 1.54) is 0 Å². The highest BCUT2D eigenvalue weighted by Gasteiger charge is 2.53. The highest BCUT2D eigenvalue weighted by molar-refractivity contribution is 6.81. The Kier molecular flexibility index (Phi) is 11.0. The van der Waals surface area contributed by atoms with Gasteiger partial charge in [0.05, 0.1) is 11.0 Å². The minimum Gasteiger partial charge on any atom is -0.374 e. The van der Waals surface area contributed by atoms with E-state index in [0.717, 1.165) is 0 Å². The largest absolute Gasteiger partial charge is 0.509 e. The van der Waals surface area contributed by atoms with Gasteiger partial charge < -0.3 is 21.8 Å². The van der Waals surface area contributed by atoms with Crippen LogP contribution in [-0.4, -0.2) is 55.0 Å². The van der Waals surface area contributed by atoms with Crippen LogP contribution >= 0.6 is 23.2 Å². The van der Waals surface area contributed by atoms with Crippen LogP contribution in [0.15, 0.2) is 0 Å².